The molecule has 0 aliphatic heterocycles. The molecule has 0 aromatic heterocycles. The van der Waals surface area contributed by atoms with Gasteiger partial charge in [0.2, 0.25) is 11.8 Å². The molecule has 1 N–H and O–H groups in total. The summed E-state index contributed by atoms with van der Waals surface area (Å²) >= 11 is 1.59. The summed E-state index contributed by atoms with van der Waals surface area (Å²) in [6, 6.07) is 17.8. The van der Waals surface area contributed by atoms with Crippen LogP contribution < -0.4 is 5.32 Å². The molecule has 28 heavy (non-hydrogen) atoms. The van der Waals surface area contributed by atoms with Crippen LogP contribution in [0.5, 0.6) is 0 Å². The summed E-state index contributed by atoms with van der Waals surface area (Å²) in [5, 5.41) is 2.87. The van der Waals surface area contributed by atoms with Crippen molar-refractivity contribution in [1.29, 1.82) is 0 Å². The van der Waals surface area contributed by atoms with Crippen LogP contribution in [0, 0.1) is 6.92 Å². The van der Waals surface area contributed by atoms with Crippen molar-refractivity contribution in [2.24, 2.45) is 0 Å². The highest BCUT2D eigenvalue weighted by Crippen LogP contribution is 2.17. The Balaban J connectivity index is 2.06. The van der Waals surface area contributed by atoms with Crippen molar-refractivity contribution in [3.05, 3.63) is 71.3 Å². The molecule has 0 saturated carbocycles. The van der Waals surface area contributed by atoms with E-state index >= 15 is 0 Å². The Morgan fingerprint density at radius 2 is 1.68 bits per heavy atom. The van der Waals surface area contributed by atoms with Crippen molar-refractivity contribution >= 4 is 23.6 Å². The van der Waals surface area contributed by atoms with Gasteiger partial charge in [0.15, 0.2) is 0 Å². The zero-order valence-corrected chi connectivity index (χ0v) is 17.8. The van der Waals surface area contributed by atoms with Crippen LogP contribution in [0.3, 0.4) is 0 Å². The SMILES string of the molecule is CCNC(=O)[C@H](CC)N(Cc1ccccc1)C(=O)CSCc1ccc(C)cc1. The Kier molecular flexibility index (Phi) is 9.08. The smallest absolute Gasteiger partial charge is 0.242 e. The maximum absolute atomic E-state index is 13.0. The van der Waals surface area contributed by atoms with Crippen LogP contribution in [-0.4, -0.2) is 35.1 Å². The van der Waals surface area contributed by atoms with Gasteiger partial charge in [0, 0.05) is 18.8 Å². The number of likely N-dealkylation sites (N-methyl/N-ethyl adjacent to an activating group) is 1. The van der Waals surface area contributed by atoms with Crippen molar-refractivity contribution in [3.8, 4) is 0 Å². The number of thioether (sulfide) groups is 1. The Morgan fingerprint density at radius 1 is 1.00 bits per heavy atom. The molecule has 0 bridgehead atoms. The quantitative estimate of drug-likeness (QED) is 0.653. The maximum atomic E-state index is 13.0. The first-order valence-electron chi connectivity index (χ1n) is 9.79. The Hall–Kier alpha value is -2.27. The highest BCUT2D eigenvalue weighted by molar-refractivity contribution is 7.99. The van der Waals surface area contributed by atoms with Crippen molar-refractivity contribution in [3.63, 3.8) is 0 Å². The van der Waals surface area contributed by atoms with Crippen LogP contribution >= 0.6 is 11.8 Å². The number of rotatable bonds is 10. The van der Waals surface area contributed by atoms with Gasteiger partial charge < -0.3 is 10.2 Å². The van der Waals surface area contributed by atoms with Gasteiger partial charge in [0.05, 0.1) is 5.75 Å². The molecule has 0 spiro atoms. The molecule has 0 unspecified atom stereocenters. The number of aryl methyl sites for hydroxylation is 1. The van der Waals surface area contributed by atoms with E-state index in [9.17, 15) is 9.59 Å². The first kappa shape index (κ1) is 22.0. The molecule has 0 heterocycles. The number of benzene rings is 2. The standard InChI is InChI=1S/C23H30N2O2S/c1-4-21(23(27)24-5-2)25(15-19-9-7-6-8-10-19)22(26)17-28-16-20-13-11-18(3)12-14-20/h6-14,21H,4-5,15-17H2,1-3H3,(H,24,27)/t21-/m0/s1. The number of hydrogen-bond donors (Lipinski definition) is 1. The molecular weight excluding hydrogens is 368 g/mol. The Labute approximate surface area is 172 Å². The van der Waals surface area contributed by atoms with Crippen molar-refractivity contribution in [2.75, 3.05) is 12.3 Å². The van der Waals surface area contributed by atoms with Crippen LogP contribution in [-0.2, 0) is 21.9 Å². The molecule has 0 radical (unpaired) electrons. The number of hydrogen-bond acceptors (Lipinski definition) is 3. The summed E-state index contributed by atoms with van der Waals surface area (Å²) in [5.74, 6) is 1.05. The maximum Gasteiger partial charge on any atom is 0.242 e. The third-order valence-electron chi connectivity index (χ3n) is 4.55. The predicted octanol–water partition coefficient (Wildman–Crippen LogP) is 4.17. The predicted molar refractivity (Wildman–Crippen MR) is 117 cm³/mol. The van der Waals surface area contributed by atoms with Crippen molar-refractivity contribution in [2.45, 2.75) is 45.5 Å². The van der Waals surface area contributed by atoms with Gasteiger partial charge in [-0.1, -0.05) is 67.1 Å². The lowest BCUT2D eigenvalue weighted by Crippen LogP contribution is -2.49. The van der Waals surface area contributed by atoms with Gasteiger partial charge in [-0.15, -0.1) is 11.8 Å². The molecule has 0 fully saturated rings. The fourth-order valence-electron chi connectivity index (χ4n) is 3.02. The van der Waals surface area contributed by atoms with Crippen LogP contribution in [0.25, 0.3) is 0 Å². The number of nitrogens with one attached hydrogen (secondary N) is 1. The Morgan fingerprint density at radius 3 is 2.29 bits per heavy atom. The zero-order valence-electron chi connectivity index (χ0n) is 17.0. The Bertz CT molecular complexity index is 747. The van der Waals surface area contributed by atoms with Crippen LogP contribution in [0.4, 0.5) is 0 Å². The van der Waals surface area contributed by atoms with Crippen molar-refractivity contribution < 1.29 is 9.59 Å². The summed E-state index contributed by atoms with van der Waals surface area (Å²) < 4.78 is 0. The fraction of sp³-hybridized carbons (Fsp3) is 0.391. The van der Waals surface area contributed by atoms with Crippen LogP contribution in [0.1, 0.15) is 37.0 Å². The molecule has 5 heteroatoms. The first-order chi connectivity index (χ1) is 13.5. The van der Waals surface area contributed by atoms with E-state index in [-0.39, 0.29) is 11.8 Å². The first-order valence-corrected chi connectivity index (χ1v) is 10.9. The number of carbonyl (C=O) groups is 2. The molecule has 0 saturated heterocycles. The topological polar surface area (TPSA) is 49.4 Å². The van der Waals surface area contributed by atoms with E-state index in [2.05, 4.69) is 36.5 Å². The minimum atomic E-state index is -0.451. The van der Waals surface area contributed by atoms with E-state index in [1.54, 1.807) is 16.7 Å². The molecule has 2 rings (SSSR count). The van der Waals surface area contributed by atoms with Crippen molar-refractivity contribution in [1.82, 2.24) is 10.2 Å². The fourth-order valence-corrected chi connectivity index (χ4v) is 3.89. The third kappa shape index (κ3) is 6.71. The van der Waals surface area contributed by atoms with Crippen LogP contribution in [0.15, 0.2) is 54.6 Å². The van der Waals surface area contributed by atoms with E-state index in [0.29, 0.717) is 25.3 Å². The van der Waals surface area contributed by atoms with E-state index in [1.807, 2.05) is 44.2 Å². The minimum Gasteiger partial charge on any atom is -0.355 e. The van der Waals surface area contributed by atoms with Gasteiger partial charge in [-0.3, -0.25) is 9.59 Å². The lowest BCUT2D eigenvalue weighted by Gasteiger charge is -2.30. The highest BCUT2D eigenvalue weighted by Gasteiger charge is 2.28. The van der Waals surface area contributed by atoms with E-state index in [4.69, 9.17) is 0 Å². The van der Waals surface area contributed by atoms with E-state index < -0.39 is 6.04 Å². The average Bonchev–Trinajstić information content (AvgIpc) is 2.70. The second-order valence-corrected chi connectivity index (χ2v) is 7.79. The van der Waals surface area contributed by atoms with Gasteiger partial charge >= 0.3 is 0 Å². The second-order valence-electron chi connectivity index (χ2n) is 6.80. The summed E-state index contributed by atoms with van der Waals surface area (Å²) in [4.78, 5) is 27.3. The lowest BCUT2D eigenvalue weighted by atomic mass is 10.1. The molecule has 2 aromatic carbocycles. The van der Waals surface area contributed by atoms with Gasteiger partial charge in [0.25, 0.3) is 0 Å². The van der Waals surface area contributed by atoms with E-state index in [1.165, 1.54) is 11.1 Å². The third-order valence-corrected chi connectivity index (χ3v) is 5.54. The lowest BCUT2D eigenvalue weighted by molar-refractivity contribution is -0.139. The monoisotopic (exact) mass is 398 g/mol. The molecule has 150 valence electrons. The average molecular weight is 399 g/mol. The number of carbonyl (C=O) groups excluding carboxylic acids is 2. The van der Waals surface area contributed by atoms with Gasteiger partial charge in [-0.05, 0) is 31.4 Å². The largest absolute Gasteiger partial charge is 0.355 e. The highest BCUT2D eigenvalue weighted by atomic mass is 32.2. The van der Waals surface area contributed by atoms with Gasteiger partial charge in [0.1, 0.15) is 6.04 Å². The molecule has 4 nitrogen and oxygen atoms in total. The normalized spacial score (nSPS) is 11.7. The molecular formula is C23H30N2O2S. The van der Waals surface area contributed by atoms with E-state index in [0.717, 1.165) is 11.3 Å². The molecule has 0 aliphatic carbocycles. The molecule has 2 amide bonds. The molecule has 2 aromatic rings. The number of nitrogens with zero attached hydrogens (tertiary/aromatic N) is 1. The zero-order chi connectivity index (χ0) is 20.4. The van der Waals surface area contributed by atoms with Crippen LogP contribution in [0.2, 0.25) is 0 Å². The van der Waals surface area contributed by atoms with Gasteiger partial charge in [-0.25, -0.2) is 0 Å². The summed E-state index contributed by atoms with van der Waals surface area (Å²) in [7, 11) is 0. The molecule has 0 aliphatic rings. The number of amides is 2. The molecule has 1 atom stereocenters. The summed E-state index contributed by atoms with van der Waals surface area (Å²) in [6.45, 7) is 6.91. The summed E-state index contributed by atoms with van der Waals surface area (Å²) in [6.07, 6.45) is 0.590. The summed E-state index contributed by atoms with van der Waals surface area (Å²) in [5.41, 5.74) is 3.46. The second kappa shape index (κ2) is 11.5. The minimum absolute atomic E-state index is 0.000863. The van der Waals surface area contributed by atoms with Gasteiger partial charge in [-0.2, -0.15) is 0 Å².